The van der Waals surface area contributed by atoms with E-state index in [9.17, 15) is 0 Å². The van der Waals surface area contributed by atoms with Gasteiger partial charge in [-0.1, -0.05) is 0 Å². The van der Waals surface area contributed by atoms with Gasteiger partial charge in [-0.05, 0) is 26.0 Å². The monoisotopic (exact) mass is 137 g/mol. The summed E-state index contributed by atoms with van der Waals surface area (Å²) in [6.07, 6.45) is 3.63. The Morgan fingerprint density at radius 1 is 1.50 bits per heavy atom. The molecule has 54 valence electrons. The Morgan fingerprint density at radius 3 is 2.50 bits per heavy atom. The van der Waals surface area contributed by atoms with Crippen LogP contribution in [0.3, 0.4) is 0 Å². The molecule has 1 aromatic heterocycles. The number of aromatic nitrogens is 1. The third-order valence-corrected chi connectivity index (χ3v) is 1.44. The van der Waals surface area contributed by atoms with Gasteiger partial charge in [0.15, 0.2) is 0 Å². The second-order valence-corrected chi connectivity index (χ2v) is 3.13. The number of rotatable bonds is 1. The van der Waals surface area contributed by atoms with Crippen molar-refractivity contribution in [2.45, 2.75) is 19.4 Å². The van der Waals surface area contributed by atoms with Gasteiger partial charge in [0.25, 0.3) is 0 Å². The summed E-state index contributed by atoms with van der Waals surface area (Å²) >= 11 is 0. The van der Waals surface area contributed by atoms with Crippen LogP contribution in [0.1, 0.15) is 19.4 Å². The van der Waals surface area contributed by atoms with E-state index in [2.05, 4.69) is 24.6 Å². The molecule has 0 aliphatic rings. The molecule has 0 unspecified atom stereocenters. The fourth-order valence-corrected chi connectivity index (χ4v) is 0.763. The minimum atomic E-state index is -0.0196. The molecule has 0 bridgehead atoms. The molecular weight excluding hydrogens is 124 g/mol. The second-order valence-electron chi connectivity index (χ2n) is 3.13. The second kappa shape index (κ2) is 2.39. The normalized spacial score (nSPS) is 11.5. The highest BCUT2D eigenvalue weighted by molar-refractivity contribution is 5.14. The zero-order chi connectivity index (χ0) is 7.61. The Bertz CT molecular complexity index is 198. The SMILES string of the molecule is CC(C)([NH3+])c1cccnc1. The van der Waals surface area contributed by atoms with Crippen molar-refractivity contribution < 1.29 is 5.73 Å². The van der Waals surface area contributed by atoms with Gasteiger partial charge in [-0.15, -0.1) is 0 Å². The fourth-order valence-electron chi connectivity index (χ4n) is 0.763. The van der Waals surface area contributed by atoms with Gasteiger partial charge in [-0.2, -0.15) is 0 Å². The zero-order valence-corrected chi connectivity index (χ0v) is 6.46. The van der Waals surface area contributed by atoms with E-state index >= 15 is 0 Å². The van der Waals surface area contributed by atoms with Gasteiger partial charge >= 0.3 is 0 Å². The summed E-state index contributed by atoms with van der Waals surface area (Å²) in [5, 5.41) is 0. The van der Waals surface area contributed by atoms with E-state index < -0.39 is 0 Å². The Morgan fingerprint density at radius 2 is 2.20 bits per heavy atom. The highest BCUT2D eigenvalue weighted by atomic mass is 14.7. The highest BCUT2D eigenvalue weighted by Gasteiger charge is 2.17. The Kier molecular flexibility index (Phi) is 1.72. The molecular formula is C8H13N2+. The van der Waals surface area contributed by atoms with Crippen LogP contribution in [0.4, 0.5) is 0 Å². The molecule has 0 spiro atoms. The molecule has 1 heterocycles. The minimum Gasteiger partial charge on any atom is -0.349 e. The number of hydrogen-bond donors (Lipinski definition) is 1. The van der Waals surface area contributed by atoms with E-state index in [0.29, 0.717) is 0 Å². The fraction of sp³-hybridized carbons (Fsp3) is 0.375. The van der Waals surface area contributed by atoms with Crippen molar-refractivity contribution in [1.82, 2.24) is 4.98 Å². The minimum absolute atomic E-state index is 0.0196. The smallest absolute Gasteiger partial charge is 0.116 e. The molecule has 1 aromatic rings. The van der Waals surface area contributed by atoms with E-state index in [4.69, 9.17) is 0 Å². The summed E-state index contributed by atoms with van der Waals surface area (Å²) in [6.45, 7) is 4.15. The van der Waals surface area contributed by atoms with Gasteiger partial charge in [0.1, 0.15) is 5.54 Å². The predicted octanol–water partition coefficient (Wildman–Crippen LogP) is 0.559. The lowest BCUT2D eigenvalue weighted by Crippen LogP contribution is -2.66. The molecule has 2 heteroatoms. The van der Waals surface area contributed by atoms with E-state index in [1.807, 2.05) is 18.3 Å². The van der Waals surface area contributed by atoms with Gasteiger partial charge in [0.2, 0.25) is 0 Å². The van der Waals surface area contributed by atoms with Crippen LogP contribution >= 0.6 is 0 Å². The van der Waals surface area contributed by atoms with Crippen LogP contribution in [-0.2, 0) is 5.54 Å². The van der Waals surface area contributed by atoms with E-state index in [-0.39, 0.29) is 5.54 Å². The lowest BCUT2D eigenvalue weighted by molar-refractivity contribution is -0.475. The van der Waals surface area contributed by atoms with Crippen LogP contribution in [0.2, 0.25) is 0 Å². The quantitative estimate of drug-likeness (QED) is 0.603. The van der Waals surface area contributed by atoms with Crippen molar-refractivity contribution in [1.29, 1.82) is 0 Å². The van der Waals surface area contributed by atoms with E-state index in [1.165, 1.54) is 5.56 Å². The maximum Gasteiger partial charge on any atom is 0.116 e. The first-order valence-corrected chi connectivity index (χ1v) is 3.36. The first-order chi connectivity index (χ1) is 4.61. The van der Waals surface area contributed by atoms with Crippen LogP contribution in [0.5, 0.6) is 0 Å². The molecule has 0 fully saturated rings. The summed E-state index contributed by atoms with van der Waals surface area (Å²) < 4.78 is 0. The number of pyridine rings is 1. The summed E-state index contributed by atoms with van der Waals surface area (Å²) in [7, 11) is 0. The number of quaternary nitrogens is 1. The molecule has 1 rings (SSSR count). The molecule has 0 aromatic carbocycles. The van der Waals surface area contributed by atoms with Crippen LogP contribution in [-0.4, -0.2) is 4.98 Å². The van der Waals surface area contributed by atoms with E-state index in [1.54, 1.807) is 6.20 Å². The average molecular weight is 137 g/mol. The van der Waals surface area contributed by atoms with Gasteiger partial charge < -0.3 is 5.73 Å². The third kappa shape index (κ3) is 1.54. The largest absolute Gasteiger partial charge is 0.349 e. The van der Waals surface area contributed by atoms with Crippen LogP contribution < -0.4 is 5.73 Å². The molecule has 0 aliphatic carbocycles. The molecule has 0 radical (unpaired) electrons. The van der Waals surface area contributed by atoms with Gasteiger partial charge in [0, 0.05) is 18.0 Å². The van der Waals surface area contributed by atoms with Crippen molar-refractivity contribution in [2.24, 2.45) is 0 Å². The molecule has 0 aliphatic heterocycles. The standard InChI is InChI=1S/C8H12N2/c1-8(2,9)7-4-3-5-10-6-7/h3-6H,9H2,1-2H3/p+1. The first-order valence-electron chi connectivity index (χ1n) is 3.36. The van der Waals surface area contributed by atoms with Crippen molar-refractivity contribution in [2.75, 3.05) is 0 Å². The molecule has 10 heavy (non-hydrogen) atoms. The predicted molar refractivity (Wildman–Crippen MR) is 40.2 cm³/mol. The molecule has 0 atom stereocenters. The van der Waals surface area contributed by atoms with Crippen LogP contribution in [0.15, 0.2) is 24.5 Å². The lowest BCUT2D eigenvalue weighted by atomic mass is 9.98. The van der Waals surface area contributed by atoms with Gasteiger partial charge in [-0.25, -0.2) is 0 Å². The summed E-state index contributed by atoms with van der Waals surface area (Å²) in [4.78, 5) is 4.01. The Hall–Kier alpha value is -0.890. The first kappa shape index (κ1) is 7.22. The van der Waals surface area contributed by atoms with Crippen molar-refractivity contribution in [3.63, 3.8) is 0 Å². The number of nitrogens with zero attached hydrogens (tertiary/aromatic N) is 1. The Labute approximate surface area is 61.1 Å². The van der Waals surface area contributed by atoms with Crippen LogP contribution in [0.25, 0.3) is 0 Å². The lowest BCUT2D eigenvalue weighted by Gasteiger charge is -2.13. The Balaban J connectivity index is 2.97. The molecule has 3 N–H and O–H groups in total. The van der Waals surface area contributed by atoms with Gasteiger partial charge in [-0.3, -0.25) is 4.98 Å². The summed E-state index contributed by atoms with van der Waals surface area (Å²) in [6, 6.07) is 3.97. The maximum atomic E-state index is 4.01. The van der Waals surface area contributed by atoms with Crippen molar-refractivity contribution in [3.05, 3.63) is 30.1 Å². The zero-order valence-electron chi connectivity index (χ0n) is 6.46. The topological polar surface area (TPSA) is 40.5 Å². The molecule has 2 nitrogen and oxygen atoms in total. The molecule has 0 saturated carbocycles. The van der Waals surface area contributed by atoms with Gasteiger partial charge in [0.05, 0.1) is 0 Å². The average Bonchev–Trinajstić information content (AvgIpc) is 1.88. The third-order valence-electron chi connectivity index (χ3n) is 1.44. The summed E-state index contributed by atoms with van der Waals surface area (Å²) in [5.41, 5.74) is 5.16. The summed E-state index contributed by atoms with van der Waals surface area (Å²) in [5.74, 6) is 0. The maximum absolute atomic E-state index is 4.01. The molecule has 0 saturated heterocycles. The van der Waals surface area contributed by atoms with E-state index in [0.717, 1.165) is 0 Å². The van der Waals surface area contributed by atoms with Crippen molar-refractivity contribution >= 4 is 0 Å². The molecule has 0 amide bonds. The van der Waals surface area contributed by atoms with Crippen molar-refractivity contribution in [3.8, 4) is 0 Å². The number of hydrogen-bond acceptors (Lipinski definition) is 1. The van der Waals surface area contributed by atoms with Crippen LogP contribution in [0, 0.1) is 0 Å². The highest BCUT2D eigenvalue weighted by Crippen LogP contribution is 2.11.